The Labute approximate surface area is 138 Å². The molecule has 0 aromatic heterocycles. The summed E-state index contributed by atoms with van der Waals surface area (Å²) in [5, 5.41) is 0. The monoisotopic (exact) mass is 336 g/mol. The van der Waals surface area contributed by atoms with E-state index in [-0.39, 0.29) is 10.8 Å². The molecule has 2 aliphatic heterocycles. The molecule has 0 atom stereocenters. The van der Waals surface area contributed by atoms with E-state index in [9.17, 15) is 13.2 Å². The van der Waals surface area contributed by atoms with Gasteiger partial charge in [-0.25, -0.2) is 8.42 Å². The van der Waals surface area contributed by atoms with Crippen LogP contribution in [0.2, 0.25) is 0 Å². The van der Waals surface area contributed by atoms with Crippen molar-refractivity contribution in [1.29, 1.82) is 0 Å². The number of rotatable bonds is 3. The Morgan fingerprint density at radius 3 is 1.87 bits per heavy atom. The van der Waals surface area contributed by atoms with E-state index in [0.717, 1.165) is 51.6 Å². The number of hydrogen-bond donors (Lipinski definition) is 0. The molecule has 0 bridgehead atoms. The molecule has 6 heteroatoms. The minimum atomic E-state index is -3.44. The second kappa shape index (κ2) is 7.01. The van der Waals surface area contributed by atoms with Crippen LogP contribution in [0.5, 0.6) is 0 Å². The molecule has 1 aromatic carbocycles. The lowest BCUT2D eigenvalue weighted by atomic mass is 10.2. The van der Waals surface area contributed by atoms with Gasteiger partial charge in [0.25, 0.3) is 5.91 Å². The van der Waals surface area contributed by atoms with Gasteiger partial charge in [-0.2, -0.15) is 4.31 Å². The van der Waals surface area contributed by atoms with Crippen LogP contribution >= 0.6 is 0 Å². The molecule has 1 aromatic rings. The Morgan fingerprint density at radius 1 is 0.783 bits per heavy atom. The van der Waals surface area contributed by atoms with Crippen LogP contribution in [-0.2, 0) is 10.0 Å². The minimum absolute atomic E-state index is 0.00113. The summed E-state index contributed by atoms with van der Waals surface area (Å²) < 4.78 is 27.0. The van der Waals surface area contributed by atoms with Crippen molar-refractivity contribution in [3.05, 3.63) is 29.8 Å². The highest BCUT2D eigenvalue weighted by Crippen LogP contribution is 2.21. The highest BCUT2D eigenvalue weighted by atomic mass is 32.2. The lowest BCUT2D eigenvalue weighted by Gasteiger charge is -2.20. The first kappa shape index (κ1) is 16.5. The van der Waals surface area contributed by atoms with Gasteiger partial charge in [0.2, 0.25) is 10.0 Å². The van der Waals surface area contributed by atoms with Crippen LogP contribution in [0.1, 0.15) is 48.9 Å². The third-order valence-corrected chi connectivity index (χ3v) is 6.61. The third kappa shape index (κ3) is 3.58. The number of carbonyl (C=O) groups is 1. The van der Waals surface area contributed by atoms with E-state index in [1.165, 1.54) is 0 Å². The fourth-order valence-corrected chi connectivity index (χ4v) is 4.82. The van der Waals surface area contributed by atoms with Crippen LogP contribution in [0, 0.1) is 0 Å². The van der Waals surface area contributed by atoms with Crippen LogP contribution in [0.3, 0.4) is 0 Å². The molecular formula is C17H24N2O3S. The molecule has 0 unspecified atom stereocenters. The molecule has 0 aliphatic carbocycles. The summed E-state index contributed by atoms with van der Waals surface area (Å²) in [5.74, 6) is 0.00113. The molecule has 0 radical (unpaired) electrons. The fourth-order valence-electron chi connectivity index (χ4n) is 3.30. The number of nitrogens with zero attached hydrogens (tertiary/aromatic N) is 2. The number of likely N-dealkylation sites (tertiary alicyclic amines) is 1. The van der Waals surface area contributed by atoms with Gasteiger partial charge in [0.15, 0.2) is 0 Å². The summed E-state index contributed by atoms with van der Waals surface area (Å²) in [5.41, 5.74) is 0.571. The van der Waals surface area contributed by atoms with Crippen molar-refractivity contribution in [3.63, 3.8) is 0 Å². The summed E-state index contributed by atoms with van der Waals surface area (Å²) >= 11 is 0. The molecule has 0 saturated carbocycles. The average Bonchev–Trinajstić information content (AvgIpc) is 2.96. The van der Waals surface area contributed by atoms with E-state index in [4.69, 9.17) is 0 Å². The summed E-state index contributed by atoms with van der Waals surface area (Å²) in [6.07, 6.45) is 6.13. The summed E-state index contributed by atoms with van der Waals surface area (Å²) in [6.45, 7) is 2.78. The fraction of sp³-hybridized carbons (Fsp3) is 0.588. The maximum absolute atomic E-state index is 12.7. The molecule has 0 N–H and O–H groups in total. The average molecular weight is 336 g/mol. The second-order valence-corrected chi connectivity index (χ2v) is 8.28. The molecule has 2 fully saturated rings. The van der Waals surface area contributed by atoms with E-state index >= 15 is 0 Å². The number of amides is 1. The Kier molecular flexibility index (Phi) is 5.02. The largest absolute Gasteiger partial charge is 0.339 e. The van der Waals surface area contributed by atoms with Crippen LogP contribution in [0.15, 0.2) is 29.2 Å². The van der Waals surface area contributed by atoms with Crippen LogP contribution < -0.4 is 0 Å². The predicted octanol–water partition coefficient (Wildman–Crippen LogP) is 2.49. The lowest BCUT2D eigenvalue weighted by Crippen LogP contribution is -2.32. The first-order valence-electron chi connectivity index (χ1n) is 8.48. The van der Waals surface area contributed by atoms with Gasteiger partial charge in [-0.15, -0.1) is 0 Å². The Morgan fingerprint density at radius 2 is 1.30 bits per heavy atom. The van der Waals surface area contributed by atoms with E-state index in [1.54, 1.807) is 28.6 Å². The van der Waals surface area contributed by atoms with Crippen LogP contribution in [0.4, 0.5) is 0 Å². The Hall–Kier alpha value is -1.40. The molecule has 126 valence electrons. The third-order valence-electron chi connectivity index (χ3n) is 4.70. The van der Waals surface area contributed by atoms with Crippen molar-refractivity contribution in [1.82, 2.24) is 9.21 Å². The molecule has 2 aliphatic rings. The van der Waals surface area contributed by atoms with Crippen molar-refractivity contribution in [3.8, 4) is 0 Å². The first-order chi connectivity index (χ1) is 11.1. The van der Waals surface area contributed by atoms with Gasteiger partial charge in [0.1, 0.15) is 0 Å². The van der Waals surface area contributed by atoms with Crippen molar-refractivity contribution >= 4 is 15.9 Å². The zero-order valence-electron chi connectivity index (χ0n) is 13.4. The van der Waals surface area contributed by atoms with Gasteiger partial charge in [0.05, 0.1) is 4.90 Å². The molecule has 0 spiro atoms. The highest BCUT2D eigenvalue weighted by molar-refractivity contribution is 7.89. The maximum atomic E-state index is 12.7. The van der Waals surface area contributed by atoms with Gasteiger partial charge >= 0.3 is 0 Å². The zero-order chi connectivity index (χ0) is 16.3. The molecule has 5 nitrogen and oxygen atoms in total. The first-order valence-corrected chi connectivity index (χ1v) is 9.92. The van der Waals surface area contributed by atoms with Gasteiger partial charge in [0, 0.05) is 31.7 Å². The number of hydrogen-bond acceptors (Lipinski definition) is 3. The van der Waals surface area contributed by atoms with Crippen molar-refractivity contribution in [2.75, 3.05) is 26.2 Å². The van der Waals surface area contributed by atoms with Gasteiger partial charge in [-0.3, -0.25) is 4.79 Å². The van der Waals surface area contributed by atoms with Crippen molar-refractivity contribution in [2.45, 2.75) is 43.4 Å². The molecule has 2 saturated heterocycles. The topological polar surface area (TPSA) is 57.7 Å². The molecule has 3 rings (SSSR count). The lowest BCUT2D eigenvalue weighted by molar-refractivity contribution is 0.0792. The number of benzene rings is 1. The van der Waals surface area contributed by atoms with E-state index < -0.39 is 10.0 Å². The quantitative estimate of drug-likeness (QED) is 0.852. The number of carbonyl (C=O) groups excluding carboxylic acids is 1. The maximum Gasteiger partial charge on any atom is 0.253 e. The normalized spacial score (nSPS) is 20.4. The minimum Gasteiger partial charge on any atom is -0.339 e. The van der Waals surface area contributed by atoms with Crippen LogP contribution in [0.25, 0.3) is 0 Å². The SMILES string of the molecule is O=C(c1ccc(S(=O)(=O)N2CCCCCC2)cc1)N1CCCC1. The van der Waals surface area contributed by atoms with Crippen molar-refractivity contribution < 1.29 is 13.2 Å². The predicted molar refractivity (Wildman–Crippen MR) is 88.8 cm³/mol. The molecule has 2 heterocycles. The molecular weight excluding hydrogens is 312 g/mol. The Balaban J connectivity index is 1.76. The standard InChI is InChI=1S/C17H24N2O3S/c20-17(18-11-5-6-12-18)15-7-9-16(10-8-15)23(21,22)19-13-3-1-2-4-14-19/h7-10H,1-6,11-14H2. The molecule has 1 amide bonds. The van der Waals surface area contributed by atoms with Gasteiger partial charge < -0.3 is 4.90 Å². The molecule has 23 heavy (non-hydrogen) atoms. The zero-order valence-corrected chi connectivity index (χ0v) is 14.2. The van der Waals surface area contributed by atoms with Crippen LogP contribution in [-0.4, -0.2) is 49.7 Å². The highest BCUT2D eigenvalue weighted by Gasteiger charge is 2.26. The summed E-state index contributed by atoms with van der Waals surface area (Å²) in [7, 11) is -3.44. The van der Waals surface area contributed by atoms with E-state index in [0.29, 0.717) is 18.7 Å². The van der Waals surface area contributed by atoms with Gasteiger partial charge in [-0.1, -0.05) is 12.8 Å². The summed E-state index contributed by atoms with van der Waals surface area (Å²) in [6, 6.07) is 6.43. The van der Waals surface area contributed by atoms with E-state index in [1.807, 2.05) is 4.90 Å². The summed E-state index contributed by atoms with van der Waals surface area (Å²) in [4.78, 5) is 14.4. The smallest absolute Gasteiger partial charge is 0.253 e. The number of sulfonamides is 1. The Bertz CT molecular complexity index is 641. The van der Waals surface area contributed by atoms with Gasteiger partial charge in [-0.05, 0) is 49.9 Å². The van der Waals surface area contributed by atoms with Crippen molar-refractivity contribution in [2.24, 2.45) is 0 Å². The van der Waals surface area contributed by atoms with E-state index in [2.05, 4.69) is 0 Å². The second-order valence-electron chi connectivity index (χ2n) is 6.34.